The van der Waals surface area contributed by atoms with E-state index in [0.717, 1.165) is 9.79 Å². The number of aromatic nitrogens is 1. The number of rotatable bonds is 5. The number of halogens is 1. The van der Waals surface area contributed by atoms with Gasteiger partial charge >= 0.3 is 0 Å². The molecule has 0 spiro atoms. The first-order valence-corrected chi connectivity index (χ1v) is 9.82. The van der Waals surface area contributed by atoms with Gasteiger partial charge in [0.2, 0.25) is 5.91 Å². The summed E-state index contributed by atoms with van der Waals surface area (Å²) in [6.45, 7) is 0.00670. The van der Waals surface area contributed by atoms with Gasteiger partial charge in [-0.1, -0.05) is 42.1 Å². The third kappa shape index (κ3) is 4.38. The molecule has 4 aromatic rings. The van der Waals surface area contributed by atoms with Crippen LogP contribution in [0, 0.1) is 5.82 Å². The van der Waals surface area contributed by atoms with E-state index in [0.29, 0.717) is 11.2 Å². The van der Waals surface area contributed by atoms with Crippen LogP contribution >= 0.6 is 11.8 Å². The first kappa shape index (κ1) is 19.0. The van der Waals surface area contributed by atoms with Gasteiger partial charge in [-0.25, -0.2) is 4.39 Å². The van der Waals surface area contributed by atoms with E-state index in [9.17, 15) is 14.0 Å². The molecule has 0 aliphatic rings. The predicted molar refractivity (Wildman–Crippen MR) is 114 cm³/mol. The number of nitrogens with zero attached hydrogens (tertiary/aromatic N) is 1. The van der Waals surface area contributed by atoms with Crippen LogP contribution in [-0.2, 0) is 11.3 Å². The summed E-state index contributed by atoms with van der Waals surface area (Å²) in [5.74, 6) is -0.718. The second-order valence-electron chi connectivity index (χ2n) is 6.43. The van der Waals surface area contributed by atoms with Crippen LogP contribution in [0.1, 0.15) is 0 Å². The van der Waals surface area contributed by atoms with Crippen molar-refractivity contribution in [3.8, 4) is 0 Å². The molecule has 0 saturated carbocycles. The predicted octanol–water partition coefficient (Wildman–Crippen LogP) is 4.93. The van der Waals surface area contributed by atoms with E-state index in [2.05, 4.69) is 5.32 Å². The molecule has 0 bridgehead atoms. The molecule has 0 aliphatic carbocycles. The number of hydrogen-bond donors (Lipinski definition) is 1. The number of anilines is 1. The van der Waals surface area contributed by atoms with Crippen LogP contribution < -0.4 is 10.7 Å². The van der Waals surface area contributed by atoms with E-state index in [1.165, 1.54) is 24.3 Å². The van der Waals surface area contributed by atoms with Gasteiger partial charge in [0.15, 0.2) is 5.43 Å². The highest BCUT2D eigenvalue weighted by Gasteiger charge is 2.11. The lowest BCUT2D eigenvalue weighted by Crippen LogP contribution is -2.20. The Kier molecular flexibility index (Phi) is 5.44. The highest BCUT2D eigenvalue weighted by atomic mass is 32.2. The van der Waals surface area contributed by atoms with Crippen molar-refractivity contribution in [2.45, 2.75) is 16.3 Å². The van der Waals surface area contributed by atoms with Gasteiger partial charge in [-0.2, -0.15) is 0 Å². The SMILES string of the molecule is O=C(Cn1ccc(=O)c2cc(F)ccc21)Nc1ccccc1Sc1ccccc1. The topological polar surface area (TPSA) is 51.1 Å². The molecule has 0 unspecified atom stereocenters. The second kappa shape index (κ2) is 8.32. The van der Waals surface area contributed by atoms with E-state index in [-0.39, 0.29) is 23.3 Å². The van der Waals surface area contributed by atoms with Crippen molar-refractivity contribution >= 4 is 34.3 Å². The van der Waals surface area contributed by atoms with Crippen molar-refractivity contribution in [2.75, 3.05) is 5.32 Å². The maximum atomic E-state index is 13.5. The van der Waals surface area contributed by atoms with Crippen molar-refractivity contribution < 1.29 is 9.18 Å². The van der Waals surface area contributed by atoms with E-state index < -0.39 is 5.82 Å². The van der Waals surface area contributed by atoms with Gasteiger partial charge in [0, 0.05) is 27.4 Å². The largest absolute Gasteiger partial charge is 0.338 e. The van der Waals surface area contributed by atoms with Crippen molar-refractivity contribution in [2.24, 2.45) is 0 Å². The van der Waals surface area contributed by atoms with Crippen LogP contribution in [0.25, 0.3) is 10.9 Å². The molecule has 0 radical (unpaired) electrons. The fourth-order valence-corrected chi connectivity index (χ4v) is 3.96. The zero-order valence-electron chi connectivity index (χ0n) is 15.3. The third-order valence-electron chi connectivity index (χ3n) is 4.39. The monoisotopic (exact) mass is 404 g/mol. The van der Waals surface area contributed by atoms with E-state index in [1.807, 2.05) is 54.6 Å². The summed E-state index contributed by atoms with van der Waals surface area (Å²) in [6.07, 6.45) is 1.55. The van der Waals surface area contributed by atoms with Crippen LogP contribution in [0.3, 0.4) is 0 Å². The molecular weight excluding hydrogens is 387 g/mol. The highest BCUT2D eigenvalue weighted by Crippen LogP contribution is 2.33. The Bertz CT molecular complexity index is 1240. The summed E-state index contributed by atoms with van der Waals surface area (Å²) in [6, 6.07) is 22.8. The Hall–Kier alpha value is -3.38. The van der Waals surface area contributed by atoms with Gasteiger partial charge in [0.05, 0.1) is 11.2 Å². The first-order valence-electron chi connectivity index (χ1n) is 9.01. The number of nitrogens with one attached hydrogen (secondary N) is 1. The number of hydrogen-bond acceptors (Lipinski definition) is 3. The van der Waals surface area contributed by atoms with Gasteiger partial charge in [0.25, 0.3) is 0 Å². The normalized spacial score (nSPS) is 10.8. The van der Waals surface area contributed by atoms with Crippen LogP contribution in [0.2, 0.25) is 0 Å². The quantitative estimate of drug-likeness (QED) is 0.513. The molecule has 144 valence electrons. The molecule has 0 aliphatic heterocycles. The zero-order valence-corrected chi connectivity index (χ0v) is 16.2. The average Bonchev–Trinajstić information content (AvgIpc) is 2.72. The van der Waals surface area contributed by atoms with Gasteiger partial charge in [-0.05, 0) is 42.5 Å². The first-order chi connectivity index (χ1) is 14.1. The zero-order chi connectivity index (χ0) is 20.2. The number of para-hydroxylation sites is 1. The smallest absolute Gasteiger partial charge is 0.244 e. The minimum Gasteiger partial charge on any atom is -0.338 e. The van der Waals surface area contributed by atoms with Crippen LogP contribution in [0.4, 0.5) is 10.1 Å². The van der Waals surface area contributed by atoms with E-state index in [4.69, 9.17) is 0 Å². The van der Waals surface area contributed by atoms with E-state index >= 15 is 0 Å². The molecule has 29 heavy (non-hydrogen) atoms. The summed E-state index contributed by atoms with van der Waals surface area (Å²) < 4.78 is 15.1. The number of carbonyl (C=O) groups excluding carboxylic acids is 1. The lowest BCUT2D eigenvalue weighted by Gasteiger charge is -2.13. The standard InChI is InChI=1S/C23H17FN2O2S/c24-16-10-11-20-18(14-16)21(27)12-13-26(20)15-23(28)25-19-8-4-5-9-22(19)29-17-6-2-1-3-7-17/h1-14H,15H2,(H,25,28). The number of benzene rings is 3. The highest BCUT2D eigenvalue weighted by molar-refractivity contribution is 7.99. The van der Waals surface area contributed by atoms with Crippen LogP contribution in [-0.4, -0.2) is 10.5 Å². The fraction of sp³-hybridized carbons (Fsp3) is 0.0435. The minimum absolute atomic E-state index is 0.00670. The third-order valence-corrected chi connectivity index (χ3v) is 5.47. The number of pyridine rings is 1. The molecule has 1 N–H and O–H groups in total. The summed E-state index contributed by atoms with van der Waals surface area (Å²) in [4.78, 5) is 26.7. The van der Waals surface area contributed by atoms with Crippen LogP contribution in [0.15, 0.2) is 99.6 Å². The molecule has 3 aromatic carbocycles. The average molecular weight is 404 g/mol. The maximum absolute atomic E-state index is 13.5. The molecule has 6 heteroatoms. The lowest BCUT2D eigenvalue weighted by atomic mass is 10.2. The minimum atomic E-state index is -0.483. The molecule has 4 nitrogen and oxygen atoms in total. The van der Waals surface area contributed by atoms with Crippen molar-refractivity contribution in [3.05, 3.63) is 101 Å². The molecular formula is C23H17FN2O2S. The molecule has 0 atom stereocenters. The molecule has 1 heterocycles. The van der Waals surface area contributed by atoms with Crippen molar-refractivity contribution in [1.82, 2.24) is 4.57 Å². The summed E-state index contributed by atoms with van der Waals surface area (Å²) in [7, 11) is 0. The second-order valence-corrected chi connectivity index (χ2v) is 7.54. The van der Waals surface area contributed by atoms with Gasteiger partial charge in [-0.15, -0.1) is 0 Å². The lowest BCUT2D eigenvalue weighted by molar-refractivity contribution is -0.116. The number of fused-ring (bicyclic) bond motifs is 1. The summed E-state index contributed by atoms with van der Waals surface area (Å²) in [5.41, 5.74) is 0.949. The van der Waals surface area contributed by atoms with Crippen molar-refractivity contribution in [1.29, 1.82) is 0 Å². The number of carbonyl (C=O) groups is 1. The molecule has 1 amide bonds. The molecule has 1 aromatic heterocycles. The summed E-state index contributed by atoms with van der Waals surface area (Å²) in [5, 5.41) is 3.19. The van der Waals surface area contributed by atoms with Gasteiger partial charge in [-0.3, -0.25) is 9.59 Å². The molecule has 4 rings (SSSR count). The Morgan fingerprint density at radius 2 is 1.72 bits per heavy atom. The Labute approximate surface area is 171 Å². The molecule has 0 saturated heterocycles. The van der Waals surface area contributed by atoms with Crippen LogP contribution in [0.5, 0.6) is 0 Å². The summed E-state index contributed by atoms with van der Waals surface area (Å²) >= 11 is 1.56. The fourth-order valence-electron chi connectivity index (χ4n) is 3.04. The van der Waals surface area contributed by atoms with Gasteiger partial charge in [0.1, 0.15) is 12.4 Å². The van der Waals surface area contributed by atoms with Gasteiger partial charge < -0.3 is 9.88 Å². The Morgan fingerprint density at radius 1 is 0.966 bits per heavy atom. The van der Waals surface area contributed by atoms with Crippen molar-refractivity contribution in [3.63, 3.8) is 0 Å². The Morgan fingerprint density at radius 3 is 2.55 bits per heavy atom. The maximum Gasteiger partial charge on any atom is 0.244 e. The molecule has 0 fully saturated rings. The Balaban J connectivity index is 1.56. The number of amides is 1. The van der Waals surface area contributed by atoms with E-state index in [1.54, 1.807) is 22.5 Å².